The van der Waals surface area contributed by atoms with Gasteiger partial charge in [0.1, 0.15) is 6.10 Å². The van der Waals surface area contributed by atoms with E-state index in [2.05, 4.69) is 34.3 Å². The van der Waals surface area contributed by atoms with Crippen LogP contribution in [-0.4, -0.2) is 53.2 Å². The summed E-state index contributed by atoms with van der Waals surface area (Å²) in [4.78, 5) is 7.94. The van der Waals surface area contributed by atoms with E-state index in [1.807, 2.05) is 57.2 Å². The number of ether oxygens (including phenoxy) is 1. The summed E-state index contributed by atoms with van der Waals surface area (Å²) in [7, 11) is 0. The fourth-order valence-electron chi connectivity index (χ4n) is 3.36. The normalized spacial score (nSPS) is 17.8. The third-order valence-corrected chi connectivity index (χ3v) is 4.73. The van der Waals surface area contributed by atoms with Crippen molar-refractivity contribution in [2.24, 2.45) is 5.16 Å². The molecule has 1 heterocycles. The van der Waals surface area contributed by atoms with Crippen LogP contribution in [0, 0.1) is 0 Å². The molecule has 0 bridgehead atoms. The largest absolute Gasteiger partial charge is 0.390 e. The highest BCUT2D eigenvalue weighted by Gasteiger charge is 2.26. The summed E-state index contributed by atoms with van der Waals surface area (Å²) in [6.07, 6.45) is 0.183. The summed E-state index contributed by atoms with van der Waals surface area (Å²) in [6.45, 7) is 8.26. The Morgan fingerprint density at radius 3 is 2.41 bits per heavy atom. The zero-order valence-corrected chi connectivity index (χ0v) is 17.6. The summed E-state index contributed by atoms with van der Waals surface area (Å²) >= 11 is 0. The number of aliphatic hydroxyl groups excluding tert-OH is 1. The molecule has 0 aromatic heterocycles. The zero-order valence-electron chi connectivity index (χ0n) is 17.6. The van der Waals surface area contributed by atoms with Crippen LogP contribution in [0.3, 0.4) is 0 Å². The first-order valence-electron chi connectivity index (χ1n) is 10.3. The number of hydrogen-bond donors (Lipinski definition) is 1. The van der Waals surface area contributed by atoms with Crippen molar-refractivity contribution in [2.75, 3.05) is 19.7 Å². The molecule has 5 heteroatoms. The molecule has 0 amide bonds. The Hall–Kier alpha value is -2.21. The molecule has 0 saturated heterocycles. The molecule has 2 aromatic rings. The molecule has 2 atom stereocenters. The van der Waals surface area contributed by atoms with E-state index in [0.29, 0.717) is 19.7 Å². The van der Waals surface area contributed by atoms with Crippen LogP contribution in [0.25, 0.3) is 0 Å². The maximum absolute atomic E-state index is 10.5. The Morgan fingerprint density at radius 1 is 1.10 bits per heavy atom. The van der Waals surface area contributed by atoms with Gasteiger partial charge in [0.05, 0.1) is 24.0 Å². The van der Waals surface area contributed by atoms with E-state index in [-0.39, 0.29) is 11.7 Å². The van der Waals surface area contributed by atoms with E-state index in [4.69, 9.17) is 9.57 Å². The van der Waals surface area contributed by atoms with Crippen molar-refractivity contribution in [1.29, 1.82) is 0 Å². The van der Waals surface area contributed by atoms with Gasteiger partial charge in [0.15, 0.2) is 0 Å². The number of rotatable bonds is 9. The van der Waals surface area contributed by atoms with Crippen molar-refractivity contribution < 1.29 is 14.7 Å². The van der Waals surface area contributed by atoms with Gasteiger partial charge in [-0.25, -0.2) is 0 Å². The van der Waals surface area contributed by atoms with Crippen molar-refractivity contribution in [3.63, 3.8) is 0 Å². The van der Waals surface area contributed by atoms with Crippen LogP contribution in [0.2, 0.25) is 0 Å². The topological polar surface area (TPSA) is 54.3 Å². The molecule has 1 aliphatic heterocycles. The zero-order chi connectivity index (χ0) is 20.7. The van der Waals surface area contributed by atoms with Crippen LogP contribution in [0.5, 0.6) is 0 Å². The second-order valence-corrected chi connectivity index (χ2v) is 8.59. The molecule has 0 fully saturated rings. The van der Waals surface area contributed by atoms with Gasteiger partial charge in [-0.2, -0.15) is 0 Å². The first kappa shape index (κ1) is 21.5. The highest BCUT2D eigenvalue weighted by atomic mass is 16.6. The van der Waals surface area contributed by atoms with Crippen LogP contribution in [0.4, 0.5) is 0 Å². The lowest BCUT2D eigenvalue weighted by Crippen LogP contribution is -2.40. The minimum atomic E-state index is -0.561. The first-order chi connectivity index (χ1) is 13.9. The molecule has 1 aliphatic rings. The second kappa shape index (κ2) is 10.0. The van der Waals surface area contributed by atoms with Gasteiger partial charge >= 0.3 is 0 Å². The maximum Gasteiger partial charge on any atom is 0.145 e. The van der Waals surface area contributed by atoms with E-state index < -0.39 is 6.10 Å². The summed E-state index contributed by atoms with van der Waals surface area (Å²) in [5.41, 5.74) is 3.02. The first-order valence-corrected chi connectivity index (χ1v) is 10.3. The fourth-order valence-corrected chi connectivity index (χ4v) is 3.36. The van der Waals surface area contributed by atoms with Crippen molar-refractivity contribution >= 4 is 5.71 Å². The SMILES string of the molecule is CC(C)(C)OC[C@@H](O)CN(Cc1ccccc1)C[C@@H]1CC(c2ccccc2)=NO1. The number of oxime groups is 1. The van der Waals surface area contributed by atoms with Crippen molar-refractivity contribution in [3.05, 3.63) is 71.8 Å². The molecule has 2 aromatic carbocycles. The van der Waals surface area contributed by atoms with E-state index in [1.165, 1.54) is 5.56 Å². The molecule has 29 heavy (non-hydrogen) atoms. The van der Waals surface area contributed by atoms with Crippen molar-refractivity contribution in [2.45, 2.75) is 51.5 Å². The second-order valence-electron chi connectivity index (χ2n) is 8.59. The Morgan fingerprint density at radius 2 is 1.76 bits per heavy atom. The summed E-state index contributed by atoms with van der Waals surface area (Å²) in [5, 5.41) is 14.8. The molecular weight excluding hydrogens is 364 g/mol. The molecule has 0 radical (unpaired) electrons. The van der Waals surface area contributed by atoms with Crippen LogP contribution in [0.1, 0.15) is 38.3 Å². The van der Waals surface area contributed by atoms with Crippen LogP contribution in [0.15, 0.2) is 65.8 Å². The predicted molar refractivity (Wildman–Crippen MR) is 116 cm³/mol. The molecule has 0 aliphatic carbocycles. The van der Waals surface area contributed by atoms with Gasteiger partial charge in [0, 0.05) is 26.1 Å². The lowest BCUT2D eigenvalue weighted by molar-refractivity contribution is -0.0600. The van der Waals surface area contributed by atoms with E-state index in [1.54, 1.807) is 0 Å². The smallest absolute Gasteiger partial charge is 0.145 e. The third kappa shape index (κ3) is 7.28. The monoisotopic (exact) mass is 396 g/mol. The van der Waals surface area contributed by atoms with Crippen LogP contribution < -0.4 is 0 Å². The minimum Gasteiger partial charge on any atom is -0.390 e. The van der Waals surface area contributed by atoms with Crippen molar-refractivity contribution in [1.82, 2.24) is 4.90 Å². The third-order valence-electron chi connectivity index (χ3n) is 4.73. The van der Waals surface area contributed by atoms with Crippen molar-refractivity contribution in [3.8, 4) is 0 Å². The van der Waals surface area contributed by atoms with Gasteiger partial charge < -0.3 is 14.7 Å². The molecule has 5 nitrogen and oxygen atoms in total. The van der Waals surface area contributed by atoms with Gasteiger partial charge in [-0.1, -0.05) is 65.8 Å². The van der Waals surface area contributed by atoms with Crippen LogP contribution >= 0.6 is 0 Å². The minimum absolute atomic E-state index is 0.0235. The Labute approximate surface area is 173 Å². The standard InChI is InChI=1S/C24H32N2O3/c1-24(2,3)28-18-21(27)16-26(15-19-10-6-4-7-11-19)17-22-14-23(25-29-22)20-12-8-5-9-13-20/h4-13,21-22,27H,14-18H2,1-3H3/t21-,22-/m0/s1. The highest BCUT2D eigenvalue weighted by molar-refractivity contribution is 6.01. The highest BCUT2D eigenvalue weighted by Crippen LogP contribution is 2.19. The number of nitrogens with zero attached hydrogens (tertiary/aromatic N) is 2. The lowest BCUT2D eigenvalue weighted by atomic mass is 10.0. The Bertz CT molecular complexity index is 772. The van der Waals surface area contributed by atoms with E-state index in [9.17, 15) is 5.11 Å². The molecule has 0 saturated carbocycles. The number of hydrogen-bond acceptors (Lipinski definition) is 5. The van der Waals surface area contributed by atoms with Gasteiger partial charge in [-0.05, 0) is 31.9 Å². The van der Waals surface area contributed by atoms with Gasteiger partial charge in [0.2, 0.25) is 0 Å². The maximum atomic E-state index is 10.5. The van der Waals surface area contributed by atoms with Gasteiger partial charge in [-0.15, -0.1) is 0 Å². The average molecular weight is 397 g/mol. The summed E-state index contributed by atoms with van der Waals surface area (Å²) in [5.74, 6) is 0. The van der Waals surface area contributed by atoms with Crippen LogP contribution in [-0.2, 0) is 16.1 Å². The molecule has 0 unspecified atom stereocenters. The fraction of sp³-hybridized carbons (Fsp3) is 0.458. The van der Waals surface area contributed by atoms with Gasteiger partial charge in [0.25, 0.3) is 0 Å². The Kier molecular flexibility index (Phi) is 7.42. The number of benzene rings is 2. The summed E-state index contributed by atoms with van der Waals surface area (Å²) < 4.78 is 5.76. The molecular formula is C24H32N2O3. The lowest BCUT2D eigenvalue weighted by Gasteiger charge is -2.28. The predicted octanol–water partition coefficient (Wildman–Crippen LogP) is 3.86. The molecule has 156 valence electrons. The van der Waals surface area contributed by atoms with E-state index >= 15 is 0 Å². The summed E-state index contributed by atoms with van der Waals surface area (Å²) in [6, 6.07) is 20.4. The molecule has 3 rings (SSSR count). The quantitative estimate of drug-likeness (QED) is 0.699. The molecule has 0 spiro atoms. The average Bonchev–Trinajstić information content (AvgIpc) is 3.16. The Balaban J connectivity index is 1.59. The van der Waals surface area contributed by atoms with Gasteiger partial charge in [-0.3, -0.25) is 4.90 Å². The molecule has 1 N–H and O–H groups in total. The van der Waals surface area contributed by atoms with E-state index in [0.717, 1.165) is 24.2 Å². The number of aliphatic hydroxyl groups is 1.